The zero-order chi connectivity index (χ0) is 20.8. The molecule has 2 aromatic carbocycles. The van der Waals surface area contributed by atoms with Crippen LogP contribution in [-0.4, -0.2) is 29.4 Å². The van der Waals surface area contributed by atoms with Gasteiger partial charge in [-0.1, -0.05) is 30.3 Å². The number of thiazole rings is 1. The third kappa shape index (κ3) is 5.26. The molecule has 7 nitrogen and oxygen atoms in total. The fourth-order valence-corrected chi connectivity index (χ4v) is 3.43. The number of nitrogens with zero attached hydrogens (tertiary/aromatic N) is 1. The van der Waals surface area contributed by atoms with Crippen LogP contribution in [0.1, 0.15) is 30.7 Å². The van der Waals surface area contributed by atoms with E-state index in [0.29, 0.717) is 27.5 Å². The Hall–Kier alpha value is -3.52. The quantitative estimate of drug-likeness (QED) is 0.604. The minimum atomic E-state index is -0.599. The van der Waals surface area contributed by atoms with Crippen LogP contribution in [0.5, 0.6) is 0 Å². The summed E-state index contributed by atoms with van der Waals surface area (Å²) in [6.07, 6.45) is 0. The summed E-state index contributed by atoms with van der Waals surface area (Å²) in [7, 11) is 0. The van der Waals surface area contributed by atoms with E-state index < -0.39 is 18.5 Å². The van der Waals surface area contributed by atoms with Crippen molar-refractivity contribution in [3.63, 3.8) is 0 Å². The number of carbonyl (C=O) groups is 3. The topological polar surface area (TPSA) is 97.4 Å². The van der Waals surface area contributed by atoms with Crippen LogP contribution in [0.15, 0.2) is 54.6 Å². The molecule has 0 aliphatic carbocycles. The van der Waals surface area contributed by atoms with E-state index in [2.05, 4.69) is 15.6 Å². The standard InChI is InChI=1S/C21H19N3O4S/c1-13-19(29-14(2)22-13)21(27)28-12-18(25)24-17-11-7-6-10-16(17)20(26)23-15-8-4-3-5-9-15/h3-11H,12H2,1-2H3,(H,23,26)(H,24,25). The number of carbonyl (C=O) groups excluding carboxylic acids is 3. The monoisotopic (exact) mass is 409 g/mol. The van der Waals surface area contributed by atoms with E-state index in [-0.39, 0.29) is 5.91 Å². The molecule has 0 saturated heterocycles. The maximum Gasteiger partial charge on any atom is 0.350 e. The molecule has 0 atom stereocenters. The van der Waals surface area contributed by atoms with Crippen molar-refractivity contribution in [3.05, 3.63) is 75.7 Å². The Balaban J connectivity index is 1.62. The van der Waals surface area contributed by atoms with Gasteiger partial charge in [-0.05, 0) is 38.1 Å². The Kier molecular flexibility index (Phi) is 6.36. The molecule has 0 unspecified atom stereocenters. The number of hydrogen-bond acceptors (Lipinski definition) is 6. The summed E-state index contributed by atoms with van der Waals surface area (Å²) in [5.41, 5.74) is 1.83. The van der Waals surface area contributed by atoms with E-state index in [0.717, 1.165) is 5.01 Å². The van der Waals surface area contributed by atoms with Crippen molar-refractivity contribution in [3.8, 4) is 0 Å². The second-order valence-corrected chi connectivity index (χ2v) is 7.34. The molecule has 2 amide bonds. The van der Waals surface area contributed by atoms with Gasteiger partial charge < -0.3 is 15.4 Å². The maximum atomic E-state index is 12.6. The first-order valence-electron chi connectivity index (χ1n) is 8.80. The number of aromatic nitrogens is 1. The van der Waals surface area contributed by atoms with Crippen LogP contribution in [0.4, 0.5) is 11.4 Å². The number of rotatable bonds is 6. The number of amides is 2. The lowest BCUT2D eigenvalue weighted by Gasteiger charge is -2.11. The van der Waals surface area contributed by atoms with Crippen molar-refractivity contribution in [1.29, 1.82) is 0 Å². The van der Waals surface area contributed by atoms with Crippen molar-refractivity contribution in [2.24, 2.45) is 0 Å². The molecule has 2 N–H and O–H groups in total. The van der Waals surface area contributed by atoms with Gasteiger partial charge in [0.15, 0.2) is 6.61 Å². The summed E-state index contributed by atoms with van der Waals surface area (Å²) in [6, 6.07) is 15.6. The summed E-state index contributed by atoms with van der Waals surface area (Å²) >= 11 is 1.22. The Morgan fingerprint density at radius 2 is 1.66 bits per heavy atom. The fraction of sp³-hybridized carbons (Fsp3) is 0.143. The average molecular weight is 409 g/mol. The van der Waals surface area contributed by atoms with Crippen LogP contribution in [0.25, 0.3) is 0 Å². The highest BCUT2D eigenvalue weighted by Crippen LogP contribution is 2.19. The van der Waals surface area contributed by atoms with Crippen molar-refractivity contribution >= 4 is 40.5 Å². The van der Waals surface area contributed by atoms with Gasteiger partial charge in [-0.25, -0.2) is 9.78 Å². The first-order chi connectivity index (χ1) is 13.9. The molecule has 8 heteroatoms. The Morgan fingerprint density at radius 3 is 2.34 bits per heavy atom. The van der Waals surface area contributed by atoms with Crippen LogP contribution in [-0.2, 0) is 9.53 Å². The van der Waals surface area contributed by atoms with Gasteiger partial charge in [-0.15, -0.1) is 11.3 Å². The first-order valence-corrected chi connectivity index (χ1v) is 9.62. The van der Waals surface area contributed by atoms with Crippen LogP contribution < -0.4 is 10.6 Å². The second kappa shape index (κ2) is 9.11. The summed E-state index contributed by atoms with van der Waals surface area (Å²) in [4.78, 5) is 41.4. The molecule has 3 rings (SSSR count). The molecule has 0 aliphatic rings. The van der Waals surface area contributed by atoms with Crippen molar-refractivity contribution < 1.29 is 19.1 Å². The molecular weight excluding hydrogens is 390 g/mol. The predicted molar refractivity (Wildman–Crippen MR) is 111 cm³/mol. The highest BCUT2D eigenvalue weighted by molar-refractivity contribution is 7.13. The van der Waals surface area contributed by atoms with E-state index >= 15 is 0 Å². The molecule has 148 valence electrons. The summed E-state index contributed by atoms with van der Waals surface area (Å²) in [5.74, 6) is -1.50. The predicted octanol–water partition coefficient (Wildman–Crippen LogP) is 3.81. The number of nitrogens with one attached hydrogen (secondary N) is 2. The third-order valence-corrected chi connectivity index (χ3v) is 4.95. The molecule has 0 fully saturated rings. The third-order valence-electron chi connectivity index (χ3n) is 3.90. The number of aryl methyl sites for hydroxylation is 2. The molecule has 1 heterocycles. The van der Waals surface area contributed by atoms with Gasteiger partial charge in [0.1, 0.15) is 4.88 Å². The molecule has 0 spiro atoms. The van der Waals surface area contributed by atoms with E-state index in [4.69, 9.17) is 4.74 Å². The van der Waals surface area contributed by atoms with Crippen molar-refractivity contribution in [2.75, 3.05) is 17.2 Å². The maximum absolute atomic E-state index is 12.6. The van der Waals surface area contributed by atoms with Crippen LogP contribution >= 0.6 is 11.3 Å². The lowest BCUT2D eigenvalue weighted by atomic mass is 10.1. The summed E-state index contributed by atoms with van der Waals surface area (Å²) in [5, 5.41) is 6.13. The van der Waals surface area contributed by atoms with E-state index in [1.165, 1.54) is 11.3 Å². The zero-order valence-electron chi connectivity index (χ0n) is 15.9. The molecule has 3 aromatic rings. The first kappa shape index (κ1) is 20.2. The lowest BCUT2D eigenvalue weighted by molar-refractivity contribution is -0.119. The highest BCUT2D eigenvalue weighted by Gasteiger charge is 2.18. The zero-order valence-corrected chi connectivity index (χ0v) is 16.7. The highest BCUT2D eigenvalue weighted by atomic mass is 32.1. The molecule has 0 saturated carbocycles. The minimum absolute atomic E-state index is 0.296. The Morgan fingerprint density at radius 1 is 0.966 bits per heavy atom. The van der Waals surface area contributed by atoms with Gasteiger partial charge in [-0.3, -0.25) is 9.59 Å². The van der Waals surface area contributed by atoms with Gasteiger partial charge in [0.2, 0.25) is 0 Å². The molecule has 0 aliphatic heterocycles. The molecule has 29 heavy (non-hydrogen) atoms. The van der Waals surface area contributed by atoms with Gasteiger partial charge in [0.25, 0.3) is 11.8 Å². The molecular formula is C21H19N3O4S. The van der Waals surface area contributed by atoms with Gasteiger partial charge in [0, 0.05) is 5.69 Å². The van der Waals surface area contributed by atoms with E-state index in [9.17, 15) is 14.4 Å². The largest absolute Gasteiger partial charge is 0.451 e. The number of esters is 1. The summed E-state index contributed by atoms with van der Waals surface area (Å²) in [6.45, 7) is 3.03. The Labute approximate surface area is 171 Å². The second-order valence-electron chi connectivity index (χ2n) is 6.14. The minimum Gasteiger partial charge on any atom is -0.451 e. The fourth-order valence-electron chi connectivity index (χ4n) is 2.61. The lowest BCUT2D eigenvalue weighted by Crippen LogP contribution is -2.23. The summed E-state index contributed by atoms with van der Waals surface area (Å²) < 4.78 is 5.07. The number of hydrogen-bond donors (Lipinski definition) is 2. The van der Waals surface area contributed by atoms with Gasteiger partial charge >= 0.3 is 5.97 Å². The number of anilines is 2. The Bertz CT molecular complexity index is 1050. The van der Waals surface area contributed by atoms with Crippen LogP contribution in [0, 0.1) is 13.8 Å². The van der Waals surface area contributed by atoms with Crippen molar-refractivity contribution in [2.45, 2.75) is 13.8 Å². The SMILES string of the molecule is Cc1nc(C)c(C(=O)OCC(=O)Nc2ccccc2C(=O)Nc2ccccc2)s1. The molecule has 0 bridgehead atoms. The normalized spacial score (nSPS) is 10.3. The molecule has 1 aromatic heterocycles. The smallest absolute Gasteiger partial charge is 0.350 e. The van der Waals surface area contributed by atoms with Crippen LogP contribution in [0.3, 0.4) is 0 Å². The number of ether oxygens (including phenoxy) is 1. The van der Waals surface area contributed by atoms with Crippen molar-refractivity contribution in [1.82, 2.24) is 4.98 Å². The van der Waals surface area contributed by atoms with E-state index in [1.807, 2.05) is 18.2 Å². The van der Waals surface area contributed by atoms with Gasteiger partial charge in [0.05, 0.1) is 22.0 Å². The number of para-hydroxylation sites is 2. The van der Waals surface area contributed by atoms with E-state index in [1.54, 1.807) is 50.2 Å². The van der Waals surface area contributed by atoms with Crippen LogP contribution in [0.2, 0.25) is 0 Å². The number of benzene rings is 2. The van der Waals surface area contributed by atoms with Gasteiger partial charge in [-0.2, -0.15) is 0 Å². The average Bonchev–Trinajstić information content (AvgIpc) is 3.05. The molecule has 0 radical (unpaired) electrons.